The second kappa shape index (κ2) is 8.35. The Labute approximate surface area is 156 Å². The summed E-state index contributed by atoms with van der Waals surface area (Å²) in [6.45, 7) is 0. The van der Waals surface area contributed by atoms with Gasteiger partial charge in [0, 0.05) is 18.2 Å². The van der Waals surface area contributed by atoms with E-state index < -0.39 is 37.7 Å². The number of non-ortho nitro benzene ring substituents is 2. The third kappa shape index (κ3) is 4.85. The number of hydrogen-bond donors (Lipinski definition) is 0. The zero-order chi connectivity index (χ0) is 20.8. The van der Waals surface area contributed by atoms with E-state index in [-0.39, 0.29) is 11.5 Å². The van der Waals surface area contributed by atoms with Gasteiger partial charge < -0.3 is 9.47 Å². The van der Waals surface area contributed by atoms with E-state index >= 15 is 0 Å². The Hall–Kier alpha value is -4.35. The number of esters is 1. The first-order valence-corrected chi connectivity index (χ1v) is 7.37. The molecule has 0 unspecified atom stereocenters. The predicted octanol–water partition coefficient (Wildman–Crippen LogP) is 2.98. The zero-order valence-corrected chi connectivity index (χ0v) is 14.1. The zero-order valence-electron chi connectivity index (χ0n) is 14.1. The standard InChI is InChI=1S/C16H11N3O9/c1-27-15-6-10(4-5-17(21)22)2-3-14(15)28-16(20)11-7-12(18(23)24)9-13(8-11)19(25)26/h2-9H,1H3/b5-4+. The van der Waals surface area contributed by atoms with Crippen molar-refractivity contribution in [2.75, 3.05) is 7.11 Å². The molecular weight excluding hydrogens is 378 g/mol. The van der Waals surface area contributed by atoms with Gasteiger partial charge in [-0.1, -0.05) is 6.07 Å². The topological polar surface area (TPSA) is 165 Å². The van der Waals surface area contributed by atoms with Gasteiger partial charge in [0.1, 0.15) is 0 Å². The van der Waals surface area contributed by atoms with Gasteiger partial charge in [-0.15, -0.1) is 0 Å². The SMILES string of the molecule is COc1cc(/C=C/[N+](=O)[O-])ccc1OC(=O)c1cc([N+](=O)[O-])cc([N+](=O)[O-])c1. The minimum absolute atomic E-state index is 0.0544. The number of methoxy groups -OCH3 is 1. The lowest BCUT2D eigenvalue weighted by molar-refractivity contribution is -0.400. The number of ether oxygens (including phenoxy) is 2. The molecule has 0 heterocycles. The number of rotatable bonds is 7. The molecule has 0 saturated carbocycles. The number of nitro benzene ring substituents is 2. The Morgan fingerprint density at radius 1 is 0.929 bits per heavy atom. The van der Waals surface area contributed by atoms with Gasteiger partial charge in [-0.3, -0.25) is 30.3 Å². The number of nitro groups is 3. The Balaban J connectivity index is 2.35. The van der Waals surface area contributed by atoms with Crippen LogP contribution in [0.4, 0.5) is 11.4 Å². The van der Waals surface area contributed by atoms with Gasteiger partial charge in [0.2, 0.25) is 6.20 Å². The summed E-state index contributed by atoms with van der Waals surface area (Å²) in [5, 5.41) is 32.2. The summed E-state index contributed by atoms with van der Waals surface area (Å²) in [5.74, 6) is -1.11. The first-order chi connectivity index (χ1) is 13.2. The molecule has 0 bridgehead atoms. The van der Waals surface area contributed by atoms with Gasteiger partial charge in [-0.25, -0.2) is 4.79 Å². The second-order valence-electron chi connectivity index (χ2n) is 5.15. The maximum Gasteiger partial charge on any atom is 0.344 e. The molecule has 2 aromatic carbocycles. The molecule has 0 amide bonds. The van der Waals surface area contributed by atoms with Crippen LogP contribution in [0.25, 0.3) is 6.08 Å². The van der Waals surface area contributed by atoms with Gasteiger partial charge in [-0.2, -0.15) is 0 Å². The van der Waals surface area contributed by atoms with E-state index in [1.54, 1.807) is 0 Å². The van der Waals surface area contributed by atoms with Crippen LogP contribution in [0, 0.1) is 30.3 Å². The highest BCUT2D eigenvalue weighted by Crippen LogP contribution is 2.30. The molecule has 0 N–H and O–H groups in total. The highest BCUT2D eigenvalue weighted by atomic mass is 16.6. The van der Waals surface area contributed by atoms with Crippen LogP contribution in [0.3, 0.4) is 0 Å². The first-order valence-electron chi connectivity index (χ1n) is 7.37. The molecule has 0 aliphatic rings. The molecule has 0 aliphatic carbocycles. The van der Waals surface area contributed by atoms with Crippen molar-refractivity contribution in [1.82, 2.24) is 0 Å². The third-order valence-electron chi connectivity index (χ3n) is 3.34. The van der Waals surface area contributed by atoms with Crippen molar-refractivity contribution in [2.45, 2.75) is 0 Å². The maximum absolute atomic E-state index is 12.3. The Kier molecular flexibility index (Phi) is 5.96. The lowest BCUT2D eigenvalue weighted by atomic mass is 10.1. The average molecular weight is 389 g/mol. The lowest BCUT2D eigenvalue weighted by Crippen LogP contribution is -2.10. The van der Waals surface area contributed by atoms with E-state index in [9.17, 15) is 35.1 Å². The third-order valence-corrected chi connectivity index (χ3v) is 3.34. The van der Waals surface area contributed by atoms with Crippen molar-refractivity contribution in [3.05, 3.63) is 84.1 Å². The number of carbonyl (C=O) groups is 1. The van der Waals surface area contributed by atoms with E-state index in [0.717, 1.165) is 12.1 Å². The average Bonchev–Trinajstić information content (AvgIpc) is 2.66. The van der Waals surface area contributed by atoms with Crippen LogP contribution in [0.15, 0.2) is 42.6 Å². The fraction of sp³-hybridized carbons (Fsp3) is 0.0625. The molecule has 0 fully saturated rings. The fourth-order valence-electron chi connectivity index (χ4n) is 2.10. The van der Waals surface area contributed by atoms with E-state index in [2.05, 4.69) is 0 Å². The number of nitrogens with zero attached hydrogens (tertiary/aromatic N) is 3. The van der Waals surface area contributed by atoms with Crippen LogP contribution < -0.4 is 9.47 Å². The highest BCUT2D eigenvalue weighted by Gasteiger charge is 2.22. The molecular formula is C16H11N3O9. The summed E-state index contributed by atoms with van der Waals surface area (Å²) in [4.78, 5) is 42.1. The normalized spacial score (nSPS) is 10.5. The van der Waals surface area contributed by atoms with Crippen molar-refractivity contribution in [1.29, 1.82) is 0 Å². The molecule has 12 nitrogen and oxygen atoms in total. The van der Waals surface area contributed by atoms with Crippen LogP contribution in [0.2, 0.25) is 0 Å². The fourth-order valence-corrected chi connectivity index (χ4v) is 2.10. The molecule has 2 aromatic rings. The van der Waals surface area contributed by atoms with Crippen molar-refractivity contribution in [3.63, 3.8) is 0 Å². The molecule has 0 aromatic heterocycles. The quantitative estimate of drug-likeness (QED) is 0.299. The summed E-state index contributed by atoms with van der Waals surface area (Å²) in [6.07, 6.45) is 1.90. The lowest BCUT2D eigenvalue weighted by Gasteiger charge is -2.10. The Bertz CT molecular complexity index is 969. The summed E-state index contributed by atoms with van der Waals surface area (Å²) in [6, 6.07) is 6.46. The van der Waals surface area contributed by atoms with Crippen molar-refractivity contribution in [2.24, 2.45) is 0 Å². The maximum atomic E-state index is 12.3. The van der Waals surface area contributed by atoms with Gasteiger partial charge in [-0.05, 0) is 17.7 Å². The molecule has 28 heavy (non-hydrogen) atoms. The Morgan fingerprint density at radius 2 is 1.54 bits per heavy atom. The van der Waals surface area contributed by atoms with E-state index in [4.69, 9.17) is 9.47 Å². The van der Waals surface area contributed by atoms with Crippen LogP contribution in [0.5, 0.6) is 11.5 Å². The monoisotopic (exact) mass is 389 g/mol. The van der Waals surface area contributed by atoms with Crippen molar-refractivity contribution >= 4 is 23.4 Å². The largest absolute Gasteiger partial charge is 0.493 e. The smallest absolute Gasteiger partial charge is 0.344 e. The second-order valence-corrected chi connectivity index (χ2v) is 5.15. The molecule has 0 saturated heterocycles. The molecule has 0 radical (unpaired) electrons. The minimum atomic E-state index is -1.08. The van der Waals surface area contributed by atoms with Gasteiger partial charge >= 0.3 is 5.97 Å². The van der Waals surface area contributed by atoms with Crippen molar-refractivity contribution < 1.29 is 29.0 Å². The highest BCUT2D eigenvalue weighted by molar-refractivity contribution is 5.93. The van der Waals surface area contributed by atoms with Crippen molar-refractivity contribution in [3.8, 4) is 11.5 Å². The van der Waals surface area contributed by atoms with Gasteiger partial charge in [0.25, 0.3) is 11.4 Å². The van der Waals surface area contributed by atoms with Crippen LogP contribution in [0.1, 0.15) is 15.9 Å². The Morgan fingerprint density at radius 3 is 2.04 bits per heavy atom. The molecule has 144 valence electrons. The summed E-state index contributed by atoms with van der Waals surface area (Å²) >= 11 is 0. The summed E-state index contributed by atoms with van der Waals surface area (Å²) in [7, 11) is 1.27. The van der Waals surface area contributed by atoms with E-state index in [0.29, 0.717) is 17.8 Å². The number of carbonyl (C=O) groups excluding carboxylic acids is 1. The van der Waals surface area contributed by atoms with Gasteiger partial charge in [0.05, 0.1) is 33.5 Å². The molecule has 0 atom stereocenters. The predicted molar refractivity (Wildman–Crippen MR) is 93.7 cm³/mol. The van der Waals surface area contributed by atoms with Crippen LogP contribution >= 0.6 is 0 Å². The minimum Gasteiger partial charge on any atom is -0.493 e. The van der Waals surface area contributed by atoms with E-state index in [1.165, 1.54) is 31.4 Å². The number of benzene rings is 2. The molecule has 0 aliphatic heterocycles. The summed E-state index contributed by atoms with van der Waals surface area (Å²) in [5.41, 5.74) is -1.30. The van der Waals surface area contributed by atoms with E-state index in [1.807, 2.05) is 0 Å². The molecule has 0 spiro atoms. The number of hydrogen-bond acceptors (Lipinski definition) is 9. The van der Waals surface area contributed by atoms with Gasteiger partial charge in [0.15, 0.2) is 11.5 Å². The van der Waals surface area contributed by atoms with Crippen LogP contribution in [-0.2, 0) is 0 Å². The van der Waals surface area contributed by atoms with Crippen LogP contribution in [-0.4, -0.2) is 27.8 Å². The first kappa shape index (κ1) is 20.0. The molecule has 2 rings (SSSR count). The molecule has 12 heteroatoms. The summed E-state index contributed by atoms with van der Waals surface area (Å²) < 4.78 is 10.2.